The first kappa shape index (κ1) is 27.9. The highest BCUT2D eigenvalue weighted by Crippen LogP contribution is 2.29. The third-order valence-corrected chi connectivity index (χ3v) is 7.76. The van der Waals surface area contributed by atoms with Crippen molar-refractivity contribution in [3.63, 3.8) is 0 Å². The number of rotatable bonds is 7. The van der Waals surface area contributed by atoms with E-state index in [1.807, 2.05) is 19.1 Å². The average Bonchev–Trinajstić information content (AvgIpc) is 3.52. The second-order valence-electron chi connectivity index (χ2n) is 10.9. The number of nitrogens with one attached hydrogen (secondary N) is 2. The number of nitrogens with zero attached hydrogens (tertiary/aromatic N) is 5. The Morgan fingerprint density at radius 1 is 0.953 bits per heavy atom. The monoisotopic (exact) mass is 575 g/mol. The predicted molar refractivity (Wildman–Crippen MR) is 169 cm³/mol. The summed E-state index contributed by atoms with van der Waals surface area (Å²) in [5.41, 5.74) is 5.66. The molecule has 0 spiro atoms. The summed E-state index contributed by atoms with van der Waals surface area (Å²) in [6, 6.07) is 21.8. The molecule has 0 unspecified atom stereocenters. The van der Waals surface area contributed by atoms with Crippen LogP contribution >= 0.6 is 0 Å². The highest BCUT2D eigenvalue weighted by atomic mass is 16.3. The number of hydrogen-bond acceptors (Lipinski definition) is 7. The lowest BCUT2D eigenvalue weighted by molar-refractivity contribution is 0.101. The van der Waals surface area contributed by atoms with Crippen LogP contribution in [0, 0.1) is 6.92 Å². The fourth-order valence-electron chi connectivity index (χ4n) is 5.35. The number of amides is 1. The van der Waals surface area contributed by atoms with Crippen LogP contribution in [0.2, 0.25) is 0 Å². The number of piperazine rings is 1. The number of aromatic nitrogens is 3. The van der Waals surface area contributed by atoms with Crippen LogP contribution in [0.4, 0.5) is 17.1 Å². The Hall–Kier alpha value is -5.22. The number of anilines is 2. The van der Waals surface area contributed by atoms with Crippen LogP contribution in [0.25, 0.3) is 10.9 Å². The second kappa shape index (κ2) is 11.6. The molecule has 2 aromatic heterocycles. The topological polar surface area (TPSA) is 119 Å². The molecule has 218 valence electrons. The fraction of sp³-hybridized carbons (Fsp3) is 0.212. The number of hydrogen-bond donors (Lipinski definition) is 3. The van der Waals surface area contributed by atoms with Crippen molar-refractivity contribution in [3.05, 3.63) is 101 Å². The molecular weight excluding hydrogens is 542 g/mol. The van der Waals surface area contributed by atoms with E-state index in [9.17, 15) is 14.7 Å². The summed E-state index contributed by atoms with van der Waals surface area (Å²) >= 11 is 0. The van der Waals surface area contributed by atoms with E-state index in [2.05, 4.69) is 49.4 Å². The molecule has 1 aliphatic heterocycles. The van der Waals surface area contributed by atoms with Crippen LogP contribution in [0.15, 0.2) is 77.8 Å². The Morgan fingerprint density at radius 2 is 1.70 bits per heavy atom. The largest absolute Gasteiger partial charge is 0.494 e. The third-order valence-electron chi connectivity index (χ3n) is 7.76. The van der Waals surface area contributed by atoms with Crippen molar-refractivity contribution in [1.29, 1.82) is 0 Å². The smallest absolute Gasteiger partial charge is 0.273 e. The molecule has 6 rings (SSSR count). The van der Waals surface area contributed by atoms with Gasteiger partial charge in [0.2, 0.25) is 0 Å². The summed E-state index contributed by atoms with van der Waals surface area (Å²) in [5.74, 6) is -0.542. The van der Waals surface area contributed by atoms with Gasteiger partial charge in [0.05, 0.1) is 16.9 Å². The number of carbonyl (C=O) groups excluding carboxylic acids is 2. The van der Waals surface area contributed by atoms with E-state index >= 15 is 0 Å². The number of fused-ring (bicyclic) bond motifs is 1. The number of aliphatic imine (C=N–C) groups is 1. The molecule has 10 heteroatoms. The summed E-state index contributed by atoms with van der Waals surface area (Å²) < 4.78 is 1.52. The molecule has 3 heterocycles. The zero-order valence-electron chi connectivity index (χ0n) is 24.3. The Bertz CT molecular complexity index is 1840. The van der Waals surface area contributed by atoms with Gasteiger partial charge in [-0.1, -0.05) is 12.1 Å². The zero-order chi connectivity index (χ0) is 30.1. The number of aryl methyl sites for hydroxylation is 2. The van der Waals surface area contributed by atoms with Crippen molar-refractivity contribution in [2.75, 3.05) is 43.4 Å². The maximum atomic E-state index is 13.5. The third kappa shape index (κ3) is 5.91. The van der Waals surface area contributed by atoms with Gasteiger partial charge in [0.1, 0.15) is 5.69 Å². The van der Waals surface area contributed by atoms with Crippen LogP contribution < -0.4 is 10.2 Å². The van der Waals surface area contributed by atoms with Crippen molar-refractivity contribution in [1.82, 2.24) is 19.7 Å². The van der Waals surface area contributed by atoms with Gasteiger partial charge in [-0.3, -0.25) is 19.3 Å². The van der Waals surface area contributed by atoms with Crippen LogP contribution in [-0.2, 0) is 7.05 Å². The Kier molecular flexibility index (Phi) is 7.52. The van der Waals surface area contributed by atoms with Gasteiger partial charge in [-0.25, -0.2) is 0 Å². The lowest BCUT2D eigenvalue weighted by atomic mass is 10.0. The maximum absolute atomic E-state index is 13.5. The number of H-pyrrole nitrogens is 1. The molecule has 3 N–H and O–H groups in total. The van der Waals surface area contributed by atoms with Crippen molar-refractivity contribution in [2.24, 2.45) is 12.0 Å². The highest BCUT2D eigenvalue weighted by Gasteiger charge is 2.17. The number of aromatic amines is 1. The summed E-state index contributed by atoms with van der Waals surface area (Å²) in [6.45, 7) is 5.89. The van der Waals surface area contributed by atoms with Gasteiger partial charge in [-0.2, -0.15) is 5.10 Å². The first-order valence-corrected chi connectivity index (χ1v) is 14.1. The van der Waals surface area contributed by atoms with Gasteiger partial charge >= 0.3 is 0 Å². The van der Waals surface area contributed by atoms with Crippen LogP contribution in [0.3, 0.4) is 0 Å². The number of aromatic hydroxyl groups is 1. The predicted octanol–water partition coefficient (Wildman–Crippen LogP) is 4.90. The summed E-state index contributed by atoms with van der Waals surface area (Å²) in [6.07, 6.45) is 1.61. The minimum absolute atomic E-state index is 0.0208. The minimum atomic E-state index is -0.310. The van der Waals surface area contributed by atoms with E-state index in [0.29, 0.717) is 39.0 Å². The van der Waals surface area contributed by atoms with E-state index in [1.165, 1.54) is 10.4 Å². The highest BCUT2D eigenvalue weighted by molar-refractivity contribution is 6.13. The normalized spacial score (nSPS) is 14.1. The summed E-state index contributed by atoms with van der Waals surface area (Å²) in [7, 11) is 3.85. The van der Waals surface area contributed by atoms with Crippen LogP contribution in [-0.4, -0.2) is 75.9 Å². The molecule has 1 amide bonds. The Balaban J connectivity index is 1.20. The van der Waals surface area contributed by atoms with Gasteiger partial charge in [0, 0.05) is 72.8 Å². The minimum Gasteiger partial charge on any atom is -0.494 e. The molecule has 1 fully saturated rings. The van der Waals surface area contributed by atoms with Crippen molar-refractivity contribution < 1.29 is 14.7 Å². The van der Waals surface area contributed by atoms with Crippen molar-refractivity contribution in [2.45, 2.75) is 6.92 Å². The standard InChI is InChI=1S/C33H33N7O3/c1-21-17-30(39(3)37-21)33(43)35-25-6-4-5-22(18-25)31(41)23-7-12-29-27(19-23)28(32(42)36-29)20-34-24-8-10-26(11-9-24)40-15-13-38(2)14-16-40/h4-12,17-20,36,42H,13-16H2,1-3H3,(H,35,43). The summed E-state index contributed by atoms with van der Waals surface area (Å²) in [5, 5.41) is 18.4. The molecule has 10 nitrogen and oxygen atoms in total. The SMILES string of the molecule is Cc1cc(C(=O)Nc2cccc(C(=O)c3ccc4[nH]c(O)c(C=Nc5ccc(N6CCN(C)CC6)cc5)c4c3)c2)n(C)n1. The summed E-state index contributed by atoms with van der Waals surface area (Å²) in [4.78, 5) is 38.5. The average molecular weight is 576 g/mol. The first-order chi connectivity index (χ1) is 20.7. The Morgan fingerprint density at radius 3 is 2.42 bits per heavy atom. The van der Waals surface area contributed by atoms with Gasteiger partial charge < -0.3 is 25.2 Å². The van der Waals surface area contributed by atoms with E-state index in [1.54, 1.807) is 61.8 Å². The number of benzene rings is 3. The number of likely N-dealkylation sites (N-methyl/N-ethyl adjacent to an activating group) is 1. The van der Waals surface area contributed by atoms with E-state index in [4.69, 9.17) is 0 Å². The van der Waals surface area contributed by atoms with Gasteiger partial charge in [-0.05, 0) is 74.6 Å². The van der Waals surface area contributed by atoms with Gasteiger partial charge in [0.15, 0.2) is 11.7 Å². The molecule has 3 aromatic carbocycles. The van der Waals surface area contributed by atoms with E-state index < -0.39 is 0 Å². The van der Waals surface area contributed by atoms with Crippen LogP contribution in [0.5, 0.6) is 5.88 Å². The maximum Gasteiger partial charge on any atom is 0.273 e. The first-order valence-electron chi connectivity index (χ1n) is 14.1. The molecule has 0 radical (unpaired) electrons. The quantitative estimate of drug-likeness (QED) is 0.188. The van der Waals surface area contributed by atoms with Crippen molar-refractivity contribution in [3.8, 4) is 5.88 Å². The van der Waals surface area contributed by atoms with Crippen LogP contribution in [0.1, 0.15) is 37.7 Å². The molecule has 0 bridgehead atoms. The molecule has 1 saturated heterocycles. The molecule has 0 atom stereocenters. The Labute approximate surface area is 249 Å². The lowest BCUT2D eigenvalue weighted by Gasteiger charge is -2.34. The number of carbonyl (C=O) groups is 2. The molecule has 43 heavy (non-hydrogen) atoms. The molecule has 0 saturated carbocycles. The molecule has 0 aliphatic carbocycles. The van der Waals surface area contributed by atoms with Gasteiger partial charge in [0.25, 0.3) is 5.91 Å². The second-order valence-corrected chi connectivity index (χ2v) is 10.9. The number of ketones is 1. The fourth-order valence-corrected chi connectivity index (χ4v) is 5.35. The molecule has 5 aromatic rings. The molecule has 1 aliphatic rings. The van der Waals surface area contributed by atoms with E-state index in [-0.39, 0.29) is 17.6 Å². The lowest BCUT2D eigenvalue weighted by Crippen LogP contribution is -2.44. The van der Waals surface area contributed by atoms with Crippen molar-refractivity contribution >= 4 is 45.9 Å². The molecular formula is C33H33N7O3. The van der Waals surface area contributed by atoms with Gasteiger partial charge in [-0.15, -0.1) is 0 Å². The zero-order valence-corrected chi connectivity index (χ0v) is 24.3. The van der Waals surface area contributed by atoms with E-state index in [0.717, 1.165) is 37.6 Å².